The third kappa shape index (κ3) is 5.15. The summed E-state index contributed by atoms with van der Waals surface area (Å²) in [5.41, 5.74) is 0.810. The predicted molar refractivity (Wildman–Crippen MR) is 118 cm³/mol. The summed E-state index contributed by atoms with van der Waals surface area (Å²) in [6, 6.07) is 12.0. The number of piperazine rings is 1. The van der Waals surface area contributed by atoms with Crippen LogP contribution in [-0.2, 0) is 11.3 Å². The number of halogens is 2. The van der Waals surface area contributed by atoms with Crippen LogP contribution in [0.15, 0.2) is 48.5 Å². The first-order chi connectivity index (χ1) is 15.5. The van der Waals surface area contributed by atoms with E-state index in [9.17, 15) is 18.4 Å². The fraction of sp³-hybridized carbons (Fsp3) is 0.440. The summed E-state index contributed by atoms with van der Waals surface area (Å²) in [6.07, 6.45) is 4.24. The van der Waals surface area contributed by atoms with Crippen molar-refractivity contribution in [2.24, 2.45) is 5.92 Å². The minimum Gasteiger partial charge on any atom is -0.351 e. The molecule has 0 spiro atoms. The van der Waals surface area contributed by atoms with Gasteiger partial charge in [-0.25, -0.2) is 8.78 Å². The van der Waals surface area contributed by atoms with Gasteiger partial charge in [0.05, 0.1) is 11.6 Å². The Morgan fingerprint density at radius 2 is 1.69 bits per heavy atom. The van der Waals surface area contributed by atoms with Crippen molar-refractivity contribution in [3.05, 3.63) is 71.3 Å². The molecule has 170 valence electrons. The molecule has 1 saturated carbocycles. The lowest BCUT2D eigenvalue weighted by molar-refractivity contribution is -0.129. The number of amides is 2. The first-order valence-corrected chi connectivity index (χ1v) is 11.3. The van der Waals surface area contributed by atoms with E-state index in [0.29, 0.717) is 26.2 Å². The summed E-state index contributed by atoms with van der Waals surface area (Å²) in [5, 5.41) is 2.99. The van der Waals surface area contributed by atoms with Gasteiger partial charge in [-0.3, -0.25) is 14.5 Å². The van der Waals surface area contributed by atoms with Crippen LogP contribution in [0.5, 0.6) is 0 Å². The Bertz CT molecular complexity index is 954. The van der Waals surface area contributed by atoms with Gasteiger partial charge in [0.2, 0.25) is 5.91 Å². The molecule has 2 aromatic rings. The highest BCUT2D eigenvalue weighted by Gasteiger charge is 2.37. The second-order valence-corrected chi connectivity index (χ2v) is 8.65. The molecule has 0 unspecified atom stereocenters. The Morgan fingerprint density at radius 3 is 2.38 bits per heavy atom. The monoisotopic (exact) mass is 441 g/mol. The molecule has 1 aliphatic carbocycles. The second kappa shape index (κ2) is 10.2. The van der Waals surface area contributed by atoms with Gasteiger partial charge in [0.1, 0.15) is 11.6 Å². The Labute approximate surface area is 187 Å². The van der Waals surface area contributed by atoms with Crippen LogP contribution < -0.4 is 5.32 Å². The second-order valence-electron chi connectivity index (χ2n) is 8.65. The first-order valence-electron chi connectivity index (χ1n) is 11.3. The molecule has 32 heavy (non-hydrogen) atoms. The molecule has 0 aromatic heterocycles. The average Bonchev–Trinajstić information content (AvgIpc) is 3.33. The van der Waals surface area contributed by atoms with E-state index in [2.05, 4.69) is 10.2 Å². The summed E-state index contributed by atoms with van der Waals surface area (Å²) in [4.78, 5) is 29.7. The molecule has 5 nitrogen and oxygen atoms in total. The zero-order chi connectivity index (χ0) is 22.5. The molecular formula is C25H29F2N3O2. The summed E-state index contributed by atoms with van der Waals surface area (Å²) >= 11 is 0. The molecule has 1 N–H and O–H groups in total. The fourth-order valence-corrected chi connectivity index (χ4v) is 4.90. The van der Waals surface area contributed by atoms with E-state index >= 15 is 0 Å². The van der Waals surface area contributed by atoms with Crippen LogP contribution in [0.3, 0.4) is 0 Å². The molecule has 1 saturated heterocycles. The molecular weight excluding hydrogens is 412 g/mol. The number of hydrogen-bond acceptors (Lipinski definition) is 3. The standard InChI is InChI=1S/C25H29F2N3O2/c26-20-9-5-6-18(16-20)17-28-24(31)23(19-7-1-2-8-19)29-12-14-30(15-13-29)25(32)21-10-3-4-11-22(21)27/h3-6,9-11,16,19,23H,1-2,7-8,12-15,17H2,(H,28,31)/t23-/m0/s1. The highest BCUT2D eigenvalue weighted by Crippen LogP contribution is 2.31. The summed E-state index contributed by atoms with van der Waals surface area (Å²) in [6.45, 7) is 2.32. The minimum atomic E-state index is -0.513. The van der Waals surface area contributed by atoms with Gasteiger partial charge in [-0.15, -0.1) is 0 Å². The molecule has 0 bridgehead atoms. The van der Waals surface area contributed by atoms with Crippen LogP contribution in [0.1, 0.15) is 41.6 Å². The van der Waals surface area contributed by atoms with E-state index in [-0.39, 0.29) is 41.7 Å². The Kier molecular flexibility index (Phi) is 7.15. The lowest BCUT2D eigenvalue weighted by Crippen LogP contribution is -2.58. The Balaban J connectivity index is 1.40. The van der Waals surface area contributed by atoms with Crippen LogP contribution in [0.2, 0.25) is 0 Å². The lowest BCUT2D eigenvalue weighted by Gasteiger charge is -2.40. The Hall–Kier alpha value is -2.80. The van der Waals surface area contributed by atoms with Crippen LogP contribution in [0, 0.1) is 17.6 Å². The van der Waals surface area contributed by atoms with Crippen molar-refractivity contribution in [3.8, 4) is 0 Å². The van der Waals surface area contributed by atoms with Gasteiger partial charge < -0.3 is 10.2 Å². The van der Waals surface area contributed by atoms with Gasteiger partial charge in [0, 0.05) is 32.7 Å². The number of carbonyl (C=O) groups excluding carboxylic acids is 2. The SMILES string of the molecule is O=C(NCc1cccc(F)c1)[C@H](C1CCCC1)N1CCN(C(=O)c2ccccc2F)CC1. The molecule has 1 aliphatic heterocycles. The third-order valence-corrected chi connectivity index (χ3v) is 6.57. The minimum absolute atomic E-state index is 0.0463. The van der Waals surface area contributed by atoms with Gasteiger partial charge >= 0.3 is 0 Å². The zero-order valence-electron chi connectivity index (χ0n) is 18.1. The smallest absolute Gasteiger partial charge is 0.256 e. The predicted octanol–water partition coefficient (Wildman–Crippen LogP) is 3.60. The maximum Gasteiger partial charge on any atom is 0.256 e. The first kappa shape index (κ1) is 22.4. The normalized spacial score (nSPS) is 18.5. The molecule has 0 radical (unpaired) electrons. The number of rotatable bonds is 6. The van der Waals surface area contributed by atoms with E-state index in [0.717, 1.165) is 31.2 Å². The van der Waals surface area contributed by atoms with E-state index in [1.807, 2.05) is 0 Å². The van der Waals surface area contributed by atoms with Crippen molar-refractivity contribution in [2.45, 2.75) is 38.3 Å². The quantitative estimate of drug-likeness (QED) is 0.745. The van der Waals surface area contributed by atoms with Crippen LogP contribution in [0.25, 0.3) is 0 Å². The van der Waals surface area contributed by atoms with Gasteiger partial charge in [-0.05, 0) is 48.6 Å². The van der Waals surface area contributed by atoms with Crippen molar-refractivity contribution in [1.82, 2.24) is 15.1 Å². The highest BCUT2D eigenvalue weighted by atomic mass is 19.1. The maximum absolute atomic E-state index is 14.0. The number of nitrogens with one attached hydrogen (secondary N) is 1. The van der Waals surface area contributed by atoms with E-state index in [1.165, 1.54) is 24.3 Å². The van der Waals surface area contributed by atoms with Crippen molar-refractivity contribution in [2.75, 3.05) is 26.2 Å². The Morgan fingerprint density at radius 1 is 0.969 bits per heavy atom. The number of hydrogen-bond donors (Lipinski definition) is 1. The molecule has 2 fully saturated rings. The van der Waals surface area contributed by atoms with Crippen molar-refractivity contribution < 1.29 is 18.4 Å². The van der Waals surface area contributed by atoms with Crippen LogP contribution >= 0.6 is 0 Å². The number of benzene rings is 2. The van der Waals surface area contributed by atoms with Gasteiger partial charge in [0.25, 0.3) is 5.91 Å². The molecule has 2 amide bonds. The van der Waals surface area contributed by atoms with Crippen molar-refractivity contribution >= 4 is 11.8 Å². The summed E-state index contributed by atoms with van der Waals surface area (Å²) in [7, 11) is 0. The van der Waals surface area contributed by atoms with Crippen LogP contribution in [-0.4, -0.2) is 53.8 Å². The molecule has 7 heteroatoms. The molecule has 2 aromatic carbocycles. The molecule has 1 heterocycles. The lowest BCUT2D eigenvalue weighted by atomic mass is 9.94. The topological polar surface area (TPSA) is 52.7 Å². The molecule has 2 aliphatic rings. The molecule has 4 rings (SSSR count). The molecule has 1 atom stereocenters. The fourth-order valence-electron chi connectivity index (χ4n) is 4.90. The van der Waals surface area contributed by atoms with Gasteiger partial charge in [-0.1, -0.05) is 37.1 Å². The van der Waals surface area contributed by atoms with Gasteiger partial charge in [-0.2, -0.15) is 0 Å². The third-order valence-electron chi connectivity index (χ3n) is 6.57. The highest BCUT2D eigenvalue weighted by molar-refractivity contribution is 5.94. The van der Waals surface area contributed by atoms with Crippen LogP contribution in [0.4, 0.5) is 8.78 Å². The summed E-state index contributed by atoms with van der Waals surface area (Å²) < 4.78 is 27.5. The number of nitrogens with zero attached hydrogens (tertiary/aromatic N) is 2. The number of carbonyl (C=O) groups is 2. The van der Waals surface area contributed by atoms with Crippen molar-refractivity contribution in [3.63, 3.8) is 0 Å². The zero-order valence-corrected chi connectivity index (χ0v) is 18.1. The van der Waals surface area contributed by atoms with Crippen molar-refractivity contribution in [1.29, 1.82) is 0 Å². The van der Waals surface area contributed by atoms with E-state index in [1.54, 1.807) is 29.2 Å². The van der Waals surface area contributed by atoms with Gasteiger partial charge in [0.15, 0.2) is 0 Å². The van der Waals surface area contributed by atoms with E-state index in [4.69, 9.17) is 0 Å². The maximum atomic E-state index is 14.0. The summed E-state index contributed by atoms with van der Waals surface area (Å²) in [5.74, 6) is -0.915. The average molecular weight is 442 g/mol. The largest absolute Gasteiger partial charge is 0.351 e. The van der Waals surface area contributed by atoms with E-state index < -0.39 is 5.82 Å².